The van der Waals surface area contributed by atoms with Crippen LogP contribution in [0.3, 0.4) is 0 Å². The molecule has 2 N–H and O–H groups in total. The Hall–Kier alpha value is -1.29. The van der Waals surface area contributed by atoms with E-state index in [1.54, 1.807) is 7.11 Å². The monoisotopic (exact) mass is 251 g/mol. The van der Waals surface area contributed by atoms with E-state index in [1.165, 1.54) is 0 Å². The van der Waals surface area contributed by atoms with Crippen molar-refractivity contribution in [2.24, 2.45) is 0 Å². The highest BCUT2D eigenvalue weighted by Gasteiger charge is 2.19. The average molecular weight is 251 g/mol. The van der Waals surface area contributed by atoms with Gasteiger partial charge in [-0.25, -0.2) is 4.98 Å². The van der Waals surface area contributed by atoms with E-state index >= 15 is 0 Å². The lowest BCUT2D eigenvalue weighted by molar-refractivity contribution is 0.202. The number of methoxy groups -OCH3 is 1. The van der Waals surface area contributed by atoms with Crippen molar-refractivity contribution in [2.45, 2.75) is 39.7 Å². The van der Waals surface area contributed by atoms with E-state index < -0.39 is 0 Å². The molecule has 0 aliphatic rings. The highest BCUT2D eigenvalue weighted by molar-refractivity contribution is 5.66. The van der Waals surface area contributed by atoms with Crippen molar-refractivity contribution in [1.82, 2.24) is 4.98 Å². The zero-order valence-corrected chi connectivity index (χ0v) is 11.9. The molecule has 18 heavy (non-hydrogen) atoms. The molecular weight excluding hydrogens is 226 g/mol. The lowest BCUT2D eigenvalue weighted by atomic mass is 10.1. The molecule has 1 heterocycles. The van der Waals surface area contributed by atoms with Crippen molar-refractivity contribution in [3.63, 3.8) is 0 Å². The van der Waals surface area contributed by atoms with Gasteiger partial charge in [0.15, 0.2) is 5.82 Å². The molecule has 4 nitrogen and oxygen atoms in total. The Balaban J connectivity index is 3.04. The first kappa shape index (κ1) is 14.8. The maximum Gasteiger partial charge on any atom is 0.152 e. The molecule has 0 spiro atoms. The molecule has 0 aliphatic heterocycles. The van der Waals surface area contributed by atoms with E-state index in [0.717, 1.165) is 36.5 Å². The van der Waals surface area contributed by atoms with Gasteiger partial charge in [0, 0.05) is 25.9 Å². The predicted molar refractivity (Wildman–Crippen MR) is 77.0 cm³/mol. The van der Waals surface area contributed by atoms with Gasteiger partial charge >= 0.3 is 0 Å². The van der Waals surface area contributed by atoms with Crippen molar-refractivity contribution in [2.75, 3.05) is 30.9 Å². The summed E-state index contributed by atoms with van der Waals surface area (Å²) in [5.41, 5.74) is 8.01. The van der Waals surface area contributed by atoms with Crippen molar-refractivity contribution in [3.05, 3.63) is 17.8 Å². The molecule has 0 bridgehead atoms. The molecule has 0 radical (unpaired) electrons. The van der Waals surface area contributed by atoms with Crippen molar-refractivity contribution >= 4 is 11.5 Å². The van der Waals surface area contributed by atoms with Gasteiger partial charge in [-0.05, 0) is 31.4 Å². The summed E-state index contributed by atoms with van der Waals surface area (Å²) in [7, 11) is 1.72. The van der Waals surface area contributed by atoms with Crippen LogP contribution in [-0.2, 0) is 4.74 Å². The number of nitrogens with zero attached hydrogens (tertiary/aromatic N) is 2. The van der Waals surface area contributed by atoms with Gasteiger partial charge in [0.2, 0.25) is 0 Å². The van der Waals surface area contributed by atoms with Gasteiger partial charge in [0.05, 0.1) is 12.3 Å². The number of aromatic nitrogens is 1. The Morgan fingerprint density at radius 2 is 2.06 bits per heavy atom. The van der Waals surface area contributed by atoms with Crippen LogP contribution in [0.4, 0.5) is 11.5 Å². The maximum absolute atomic E-state index is 6.16. The van der Waals surface area contributed by atoms with Crippen LogP contribution in [0.5, 0.6) is 0 Å². The largest absolute Gasteiger partial charge is 0.396 e. The molecule has 0 aromatic carbocycles. The molecule has 102 valence electrons. The second-order valence-electron chi connectivity index (χ2n) is 4.52. The number of nitrogens with two attached hydrogens (primary N) is 1. The van der Waals surface area contributed by atoms with Gasteiger partial charge in [-0.3, -0.25) is 0 Å². The molecule has 0 saturated carbocycles. The fourth-order valence-corrected chi connectivity index (χ4v) is 2.16. The fraction of sp³-hybridized carbons (Fsp3) is 0.643. The van der Waals surface area contributed by atoms with E-state index in [1.807, 2.05) is 19.2 Å². The van der Waals surface area contributed by atoms with Gasteiger partial charge in [-0.1, -0.05) is 13.8 Å². The Labute approximate surface area is 110 Å². The van der Waals surface area contributed by atoms with Crippen LogP contribution in [0.15, 0.2) is 12.3 Å². The third kappa shape index (κ3) is 3.35. The first-order valence-corrected chi connectivity index (χ1v) is 6.62. The minimum Gasteiger partial charge on any atom is -0.396 e. The summed E-state index contributed by atoms with van der Waals surface area (Å²) in [5, 5.41) is 0. The zero-order chi connectivity index (χ0) is 13.5. The molecule has 0 fully saturated rings. The predicted octanol–water partition coefficient (Wildman–Crippen LogP) is 2.61. The zero-order valence-electron chi connectivity index (χ0n) is 11.9. The van der Waals surface area contributed by atoms with E-state index in [4.69, 9.17) is 10.5 Å². The second kappa shape index (κ2) is 7.21. The molecule has 0 amide bonds. The molecule has 0 saturated heterocycles. The number of pyridine rings is 1. The molecule has 0 aliphatic carbocycles. The molecule has 0 unspecified atom stereocenters. The lowest BCUT2D eigenvalue weighted by Gasteiger charge is -2.32. The summed E-state index contributed by atoms with van der Waals surface area (Å²) in [6, 6.07) is 2.40. The number of hydrogen-bond donors (Lipinski definition) is 1. The molecule has 4 heteroatoms. The first-order valence-electron chi connectivity index (χ1n) is 6.62. The summed E-state index contributed by atoms with van der Waals surface area (Å²) in [6.45, 7) is 7.91. The molecular formula is C14H25N3O. The minimum atomic E-state index is 0.455. The Bertz CT molecular complexity index is 364. The summed E-state index contributed by atoms with van der Waals surface area (Å²) in [6.07, 6.45) is 3.98. The number of anilines is 2. The van der Waals surface area contributed by atoms with E-state index in [9.17, 15) is 0 Å². The number of ether oxygens (including phenoxy) is 1. The van der Waals surface area contributed by atoms with Crippen molar-refractivity contribution < 1.29 is 4.74 Å². The highest BCUT2D eigenvalue weighted by Crippen LogP contribution is 2.26. The second-order valence-corrected chi connectivity index (χ2v) is 4.52. The van der Waals surface area contributed by atoms with Crippen LogP contribution in [0.2, 0.25) is 0 Å². The molecule has 1 rings (SSSR count). The van der Waals surface area contributed by atoms with Crippen LogP contribution in [0.1, 0.15) is 32.3 Å². The van der Waals surface area contributed by atoms with Crippen molar-refractivity contribution in [3.8, 4) is 0 Å². The third-order valence-electron chi connectivity index (χ3n) is 3.38. The quantitative estimate of drug-likeness (QED) is 0.809. The number of nitrogen functional groups attached to an aromatic ring is 1. The van der Waals surface area contributed by atoms with E-state index in [2.05, 4.69) is 23.7 Å². The fourth-order valence-electron chi connectivity index (χ4n) is 2.16. The number of rotatable bonds is 7. The lowest BCUT2D eigenvalue weighted by Crippen LogP contribution is -2.38. The van der Waals surface area contributed by atoms with Gasteiger partial charge in [0.25, 0.3) is 0 Å². The maximum atomic E-state index is 6.16. The molecule has 1 aromatic rings. The van der Waals surface area contributed by atoms with Crippen LogP contribution >= 0.6 is 0 Å². The van der Waals surface area contributed by atoms with Gasteiger partial charge in [0.1, 0.15) is 0 Å². The summed E-state index contributed by atoms with van der Waals surface area (Å²) < 4.78 is 5.19. The number of aryl methyl sites for hydroxylation is 1. The van der Waals surface area contributed by atoms with Crippen LogP contribution < -0.4 is 10.6 Å². The van der Waals surface area contributed by atoms with Crippen molar-refractivity contribution in [1.29, 1.82) is 0 Å². The normalized spacial score (nSPS) is 10.9. The Morgan fingerprint density at radius 3 is 2.61 bits per heavy atom. The topological polar surface area (TPSA) is 51.4 Å². The van der Waals surface area contributed by atoms with E-state index in [-0.39, 0.29) is 0 Å². The summed E-state index contributed by atoms with van der Waals surface area (Å²) >= 11 is 0. The highest BCUT2D eigenvalue weighted by atomic mass is 16.5. The SMILES string of the molecule is CCC(CC)N(CCOC)c1nccc(C)c1N. The third-order valence-corrected chi connectivity index (χ3v) is 3.38. The molecule has 0 atom stereocenters. The van der Waals surface area contributed by atoms with Gasteiger partial charge in [-0.15, -0.1) is 0 Å². The minimum absolute atomic E-state index is 0.455. The van der Waals surface area contributed by atoms with Crippen LogP contribution in [0, 0.1) is 6.92 Å². The standard InChI is InChI=1S/C14H25N3O/c1-5-12(6-2)17(9-10-18-4)14-13(15)11(3)7-8-16-14/h7-8,12H,5-6,9-10,15H2,1-4H3. The van der Waals surface area contributed by atoms with Gasteiger partial charge in [-0.2, -0.15) is 0 Å². The van der Waals surface area contributed by atoms with Crippen LogP contribution in [0.25, 0.3) is 0 Å². The average Bonchev–Trinajstić information content (AvgIpc) is 2.38. The Kier molecular flexibility index (Phi) is 5.92. The molecule has 1 aromatic heterocycles. The smallest absolute Gasteiger partial charge is 0.152 e. The first-order chi connectivity index (χ1) is 8.65. The van der Waals surface area contributed by atoms with Crippen LogP contribution in [-0.4, -0.2) is 31.3 Å². The van der Waals surface area contributed by atoms with E-state index in [0.29, 0.717) is 12.6 Å². The summed E-state index contributed by atoms with van der Waals surface area (Å²) in [4.78, 5) is 6.72. The van der Waals surface area contributed by atoms with Gasteiger partial charge < -0.3 is 15.4 Å². The summed E-state index contributed by atoms with van der Waals surface area (Å²) in [5.74, 6) is 0.890. The Morgan fingerprint density at radius 1 is 1.39 bits per heavy atom. The number of hydrogen-bond acceptors (Lipinski definition) is 4.